The van der Waals surface area contributed by atoms with E-state index in [0.29, 0.717) is 5.13 Å². The third-order valence-corrected chi connectivity index (χ3v) is 4.73. The van der Waals surface area contributed by atoms with Gasteiger partial charge in [-0.05, 0) is 0 Å². The normalized spacial score (nSPS) is 17.9. The smallest absolute Gasteiger partial charge is 0.180 e. The molecule has 3 rings (SSSR count). The quantitative estimate of drug-likeness (QED) is 0.926. The minimum absolute atomic E-state index is 0.664. The summed E-state index contributed by atoms with van der Waals surface area (Å²) in [6, 6.07) is 0. The first-order valence-corrected chi connectivity index (χ1v) is 8.07. The van der Waals surface area contributed by atoms with Gasteiger partial charge in [-0.3, -0.25) is 9.80 Å². The lowest BCUT2D eigenvalue weighted by atomic mass is 10.3. The highest BCUT2D eigenvalue weighted by Crippen LogP contribution is 2.17. The van der Waals surface area contributed by atoms with Gasteiger partial charge in [0.15, 0.2) is 5.13 Å². The number of hydrogen-bond acceptors (Lipinski definition) is 7. The molecule has 19 heavy (non-hydrogen) atoms. The highest BCUT2D eigenvalue weighted by atomic mass is 32.1. The molecule has 0 spiro atoms. The first-order chi connectivity index (χ1) is 9.29. The lowest BCUT2D eigenvalue weighted by Gasteiger charge is -2.33. The van der Waals surface area contributed by atoms with Crippen molar-refractivity contribution in [1.29, 1.82) is 0 Å². The van der Waals surface area contributed by atoms with Crippen LogP contribution in [0.25, 0.3) is 0 Å². The van der Waals surface area contributed by atoms with E-state index in [1.807, 2.05) is 11.7 Å². The van der Waals surface area contributed by atoms with E-state index in [4.69, 9.17) is 5.73 Å². The predicted molar refractivity (Wildman–Crippen MR) is 79.2 cm³/mol. The summed E-state index contributed by atoms with van der Waals surface area (Å²) < 4.78 is 0. The van der Waals surface area contributed by atoms with Gasteiger partial charge in [-0.15, -0.1) is 22.7 Å². The van der Waals surface area contributed by atoms with Crippen LogP contribution in [0, 0.1) is 0 Å². The van der Waals surface area contributed by atoms with Gasteiger partial charge in [0, 0.05) is 55.7 Å². The second kappa shape index (κ2) is 5.96. The summed E-state index contributed by atoms with van der Waals surface area (Å²) in [5, 5.41) is 2.80. The van der Waals surface area contributed by atoms with Gasteiger partial charge >= 0.3 is 0 Å². The molecule has 2 N–H and O–H groups in total. The Balaban J connectivity index is 1.46. The number of nitrogens with zero attached hydrogens (tertiary/aromatic N) is 4. The van der Waals surface area contributed by atoms with E-state index >= 15 is 0 Å². The van der Waals surface area contributed by atoms with Crippen LogP contribution in [-0.2, 0) is 13.1 Å². The fourth-order valence-electron chi connectivity index (χ4n) is 2.27. The van der Waals surface area contributed by atoms with E-state index in [2.05, 4.69) is 25.1 Å². The van der Waals surface area contributed by atoms with Crippen LogP contribution in [0.2, 0.25) is 0 Å². The highest BCUT2D eigenvalue weighted by Gasteiger charge is 2.18. The van der Waals surface area contributed by atoms with Crippen LogP contribution in [0.3, 0.4) is 0 Å². The van der Waals surface area contributed by atoms with Gasteiger partial charge in [-0.1, -0.05) is 0 Å². The van der Waals surface area contributed by atoms with Gasteiger partial charge in [0.1, 0.15) is 0 Å². The molecule has 0 atom stereocenters. The molecular weight excluding hydrogens is 278 g/mol. The molecule has 0 saturated carbocycles. The standard InChI is InChI=1S/C12H17N5S2/c13-12-14-5-11(19-12)7-17-3-1-16(2-4-17)6-10-8-18-9-15-10/h5,8-9H,1-4,6-7H2,(H2,13,14). The molecule has 0 unspecified atom stereocenters. The molecular formula is C12H17N5S2. The molecule has 2 aromatic heterocycles. The second-order valence-electron chi connectivity index (χ2n) is 4.70. The third-order valence-electron chi connectivity index (χ3n) is 3.28. The van der Waals surface area contributed by atoms with Crippen LogP contribution in [0.15, 0.2) is 17.1 Å². The molecule has 1 aliphatic rings. The van der Waals surface area contributed by atoms with Crippen molar-refractivity contribution >= 4 is 27.8 Å². The summed E-state index contributed by atoms with van der Waals surface area (Å²) in [5.74, 6) is 0. The van der Waals surface area contributed by atoms with E-state index in [1.165, 1.54) is 10.6 Å². The molecule has 1 fully saturated rings. The first-order valence-electron chi connectivity index (χ1n) is 6.31. The fraction of sp³-hybridized carbons (Fsp3) is 0.500. The maximum atomic E-state index is 5.66. The minimum atomic E-state index is 0.664. The third kappa shape index (κ3) is 3.50. The van der Waals surface area contributed by atoms with Crippen LogP contribution in [0.4, 0.5) is 5.13 Å². The summed E-state index contributed by atoms with van der Waals surface area (Å²) in [6.45, 7) is 6.35. The summed E-state index contributed by atoms with van der Waals surface area (Å²) in [5.41, 5.74) is 8.75. The number of anilines is 1. The number of rotatable bonds is 4. The molecule has 0 radical (unpaired) electrons. The van der Waals surface area contributed by atoms with Crippen molar-refractivity contribution in [3.63, 3.8) is 0 Å². The van der Waals surface area contributed by atoms with Gasteiger partial charge in [-0.25, -0.2) is 9.97 Å². The van der Waals surface area contributed by atoms with Crippen molar-refractivity contribution in [1.82, 2.24) is 19.8 Å². The number of piperazine rings is 1. The van der Waals surface area contributed by atoms with Gasteiger partial charge in [0.05, 0.1) is 11.2 Å². The Morgan fingerprint density at radius 1 is 1.11 bits per heavy atom. The largest absolute Gasteiger partial charge is 0.375 e. The summed E-state index contributed by atoms with van der Waals surface area (Å²) in [4.78, 5) is 14.6. The minimum Gasteiger partial charge on any atom is -0.375 e. The van der Waals surface area contributed by atoms with Crippen LogP contribution >= 0.6 is 22.7 Å². The number of nitrogens with two attached hydrogens (primary N) is 1. The van der Waals surface area contributed by atoms with Crippen LogP contribution in [0.5, 0.6) is 0 Å². The SMILES string of the molecule is Nc1ncc(CN2CCN(Cc3cscn3)CC2)s1. The van der Waals surface area contributed by atoms with Crippen molar-refractivity contribution in [3.05, 3.63) is 27.7 Å². The van der Waals surface area contributed by atoms with Crippen molar-refractivity contribution < 1.29 is 0 Å². The van der Waals surface area contributed by atoms with E-state index < -0.39 is 0 Å². The summed E-state index contributed by atoms with van der Waals surface area (Å²) in [7, 11) is 0. The Labute approximate surface area is 120 Å². The van der Waals surface area contributed by atoms with Gasteiger partial charge in [0.25, 0.3) is 0 Å². The Morgan fingerprint density at radius 3 is 2.42 bits per heavy atom. The number of aromatic nitrogens is 2. The van der Waals surface area contributed by atoms with Crippen molar-refractivity contribution in [2.45, 2.75) is 13.1 Å². The van der Waals surface area contributed by atoms with Gasteiger partial charge in [0.2, 0.25) is 0 Å². The van der Waals surface area contributed by atoms with Gasteiger partial charge in [-0.2, -0.15) is 0 Å². The summed E-state index contributed by atoms with van der Waals surface area (Å²) >= 11 is 3.26. The van der Waals surface area contributed by atoms with Crippen molar-refractivity contribution in [3.8, 4) is 0 Å². The molecule has 0 aromatic carbocycles. The zero-order valence-electron chi connectivity index (χ0n) is 10.7. The molecule has 102 valence electrons. The Kier molecular flexibility index (Phi) is 4.07. The molecule has 3 heterocycles. The zero-order chi connectivity index (χ0) is 13.1. The van der Waals surface area contributed by atoms with Gasteiger partial charge < -0.3 is 5.73 Å². The molecule has 7 heteroatoms. The maximum absolute atomic E-state index is 5.66. The molecule has 5 nitrogen and oxygen atoms in total. The predicted octanol–water partition coefficient (Wildman–Crippen LogP) is 1.50. The summed E-state index contributed by atoms with van der Waals surface area (Å²) in [6.07, 6.45) is 1.89. The van der Waals surface area contributed by atoms with E-state index in [9.17, 15) is 0 Å². The Hall–Kier alpha value is -1.02. The zero-order valence-corrected chi connectivity index (χ0v) is 12.3. The highest BCUT2D eigenvalue weighted by molar-refractivity contribution is 7.15. The average molecular weight is 295 g/mol. The molecule has 0 bridgehead atoms. The molecule has 1 saturated heterocycles. The average Bonchev–Trinajstić information content (AvgIpc) is 3.04. The van der Waals surface area contributed by atoms with E-state index in [1.54, 1.807) is 22.7 Å². The molecule has 0 aliphatic carbocycles. The fourth-order valence-corrected chi connectivity index (χ4v) is 3.54. The molecule has 0 amide bonds. The Morgan fingerprint density at radius 2 is 1.84 bits per heavy atom. The van der Waals surface area contributed by atoms with E-state index in [-0.39, 0.29) is 0 Å². The second-order valence-corrected chi connectivity index (χ2v) is 6.56. The lowest BCUT2D eigenvalue weighted by molar-refractivity contribution is 0.122. The molecule has 1 aliphatic heterocycles. The maximum Gasteiger partial charge on any atom is 0.180 e. The van der Waals surface area contributed by atoms with Crippen LogP contribution < -0.4 is 5.73 Å². The Bertz CT molecular complexity index is 502. The lowest BCUT2D eigenvalue weighted by Crippen LogP contribution is -2.45. The number of hydrogen-bond donors (Lipinski definition) is 1. The van der Waals surface area contributed by atoms with Crippen molar-refractivity contribution in [2.75, 3.05) is 31.9 Å². The topological polar surface area (TPSA) is 58.3 Å². The number of thiazole rings is 2. The molecule has 2 aromatic rings. The van der Waals surface area contributed by atoms with Crippen molar-refractivity contribution in [2.24, 2.45) is 0 Å². The number of nitrogen functional groups attached to an aromatic ring is 1. The van der Waals surface area contributed by atoms with Crippen LogP contribution in [0.1, 0.15) is 10.6 Å². The first kappa shape index (κ1) is 13.0. The van der Waals surface area contributed by atoms with Crippen LogP contribution in [-0.4, -0.2) is 45.9 Å². The monoisotopic (exact) mass is 295 g/mol. The van der Waals surface area contributed by atoms with E-state index in [0.717, 1.165) is 39.3 Å².